The minimum Gasteiger partial charge on any atom is -0.495 e. The summed E-state index contributed by atoms with van der Waals surface area (Å²) in [6.45, 7) is 2.00. The number of oxazole rings is 1. The number of aromatic nitrogens is 1. The van der Waals surface area contributed by atoms with Crippen LogP contribution in [-0.2, 0) is 4.79 Å². The zero-order valence-corrected chi connectivity index (χ0v) is 18.3. The van der Waals surface area contributed by atoms with E-state index in [1.165, 1.54) is 13.2 Å². The van der Waals surface area contributed by atoms with Gasteiger partial charge in [-0.05, 0) is 67.1 Å². The molecule has 0 aliphatic carbocycles. The van der Waals surface area contributed by atoms with Crippen LogP contribution >= 0.6 is 23.2 Å². The highest BCUT2D eigenvalue weighted by atomic mass is 35.5. The topological polar surface area (TPSA) is 64.4 Å². The molecule has 3 aromatic carbocycles. The summed E-state index contributed by atoms with van der Waals surface area (Å²) in [5.41, 5.74) is 4.73. The zero-order valence-electron chi connectivity index (χ0n) is 16.8. The Hall–Kier alpha value is -3.28. The van der Waals surface area contributed by atoms with E-state index in [2.05, 4.69) is 10.3 Å². The van der Waals surface area contributed by atoms with E-state index in [-0.39, 0.29) is 5.91 Å². The molecule has 1 heterocycles. The third-order valence-electron chi connectivity index (χ3n) is 4.60. The fourth-order valence-corrected chi connectivity index (χ4v) is 3.71. The largest absolute Gasteiger partial charge is 0.495 e. The lowest BCUT2D eigenvalue weighted by atomic mass is 10.1. The van der Waals surface area contributed by atoms with Gasteiger partial charge in [0.15, 0.2) is 5.58 Å². The van der Waals surface area contributed by atoms with Gasteiger partial charge in [0.05, 0.1) is 12.1 Å². The number of halogens is 2. The van der Waals surface area contributed by atoms with Crippen LogP contribution in [-0.4, -0.2) is 18.0 Å². The molecule has 0 aliphatic heterocycles. The maximum Gasteiger partial charge on any atom is 0.248 e. The SMILES string of the molecule is COc1c(Cl)cc(Cl)cc1C=CC(=O)Nc1ccc(-c2nc3ccc(C)cc3o2)cc1. The molecule has 0 atom stereocenters. The fourth-order valence-electron chi connectivity index (χ4n) is 3.12. The van der Waals surface area contributed by atoms with E-state index in [1.54, 1.807) is 30.3 Å². The highest BCUT2D eigenvalue weighted by molar-refractivity contribution is 6.36. The molecular weight excluding hydrogens is 435 g/mol. The minimum absolute atomic E-state index is 0.303. The van der Waals surface area contributed by atoms with Crippen LogP contribution < -0.4 is 10.1 Å². The van der Waals surface area contributed by atoms with E-state index < -0.39 is 0 Å². The quantitative estimate of drug-likeness (QED) is 0.339. The molecule has 0 saturated heterocycles. The molecule has 0 unspecified atom stereocenters. The number of hydrogen-bond acceptors (Lipinski definition) is 4. The number of fused-ring (bicyclic) bond motifs is 1. The molecule has 0 aliphatic rings. The van der Waals surface area contributed by atoms with Crippen LogP contribution in [0.25, 0.3) is 28.6 Å². The van der Waals surface area contributed by atoms with Gasteiger partial charge in [0.25, 0.3) is 0 Å². The standard InChI is InChI=1S/C24H18Cl2N2O3/c1-14-3-9-20-21(11-14)31-24(28-20)15-4-7-18(8-5-15)27-22(29)10-6-16-12-17(25)13-19(26)23(16)30-2/h3-13H,1-2H3,(H,27,29). The van der Waals surface area contributed by atoms with Gasteiger partial charge in [-0.25, -0.2) is 4.98 Å². The summed E-state index contributed by atoms with van der Waals surface area (Å²) >= 11 is 12.2. The van der Waals surface area contributed by atoms with Gasteiger partial charge >= 0.3 is 0 Å². The molecule has 4 rings (SSSR count). The van der Waals surface area contributed by atoms with Crippen molar-refractivity contribution in [2.45, 2.75) is 6.92 Å². The Morgan fingerprint density at radius 3 is 2.61 bits per heavy atom. The number of nitrogens with zero attached hydrogens (tertiary/aromatic N) is 1. The van der Waals surface area contributed by atoms with Crippen molar-refractivity contribution in [2.75, 3.05) is 12.4 Å². The number of amides is 1. The number of carbonyl (C=O) groups is 1. The zero-order chi connectivity index (χ0) is 22.0. The van der Waals surface area contributed by atoms with E-state index in [4.69, 9.17) is 32.4 Å². The van der Waals surface area contributed by atoms with E-state index in [9.17, 15) is 4.79 Å². The van der Waals surface area contributed by atoms with Crippen molar-refractivity contribution in [3.05, 3.63) is 81.8 Å². The molecule has 4 aromatic rings. The van der Waals surface area contributed by atoms with Gasteiger partial charge in [-0.1, -0.05) is 29.3 Å². The van der Waals surface area contributed by atoms with Crippen LogP contribution in [0.3, 0.4) is 0 Å². The van der Waals surface area contributed by atoms with Crippen molar-refractivity contribution in [3.8, 4) is 17.2 Å². The molecule has 5 nitrogen and oxygen atoms in total. The predicted octanol–water partition coefficient (Wildman–Crippen LogP) is 6.77. The normalized spacial score (nSPS) is 11.2. The lowest BCUT2D eigenvalue weighted by Gasteiger charge is -2.08. The summed E-state index contributed by atoms with van der Waals surface area (Å²) in [6.07, 6.45) is 2.99. The average molecular weight is 453 g/mol. The van der Waals surface area contributed by atoms with E-state index in [0.717, 1.165) is 22.2 Å². The van der Waals surface area contributed by atoms with Gasteiger partial charge in [-0.3, -0.25) is 4.79 Å². The third kappa shape index (κ3) is 4.74. The Labute approximate surface area is 189 Å². The van der Waals surface area contributed by atoms with Gasteiger partial charge < -0.3 is 14.5 Å². The first-order chi connectivity index (χ1) is 14.9. The van der Waals surface area contributed by atoms with E-state index >= 15 is 0 Å². The van der Waals surface area contributed by atoms with E-state index in [0.29, 0.717) is 32.9 Å². The number of benzene rings is 3. The van der Waals surface area contributed by atoms with Crippen LogP contribution in [0, 0.1) is 6.92 Å². The molecule has 1 aromatic heterocycles. The third-order valence-corrected chi connectivity index (χ3v) is 5.10. The summed E-state index contributed by atoms with van der Waals surface area (Å²) < 4.78 is 11.1. The summed E-state index contributed by atoms with van der Waals surface area (Å²) in [6, 6.07) is 16.4. The molecule has 1 amide bonds. The van der Waals surface area contributed by atoms with Gasteiger partial charge in [-0.15, -0.1) is 0 Å². The first-order valence-corrected chi connectivity index (χ1v) is 10.2. The van der Waals surface area contributed by atoms with Crippen LogP contribution in [0.1, 0.15) is 11.1 Å². The van der Waals surface area contributed by atoms with Crippen molar-refractivity contribution in [1.29, 1.82) is 0 Å². The van der Waals surface area contributed by atoms with Crippen molar-refractivity contribution in [3.63, 3.8) is 0 Å². The number of aryl methyl sites for hydroxylation is 1. The number of carbonyl (C=O) groups excluding carboxylic acids is 1. The number of rotatable bonds is 5. The van der Waals surface area contributed by atoms with Crippen molar-refractivity contribution < 1.29 is 13.9 Å². The van der Waals surface area contributed by atoms with E-state index in [1.807, 2.05) is 37.3 Å². The number of methoxy groups -OCH3 is 1. The van der Waals surface area contributed by atoms with Gasteiger partial charge in [-0.2, -0.15) is 0 Å². The molecule has 7 heteroatoms. The Morgan fingerprint density at radius 2 is 1.87 bits per heavy atom. The number of anilines is 1. The number of nitrogens with one attached hydrogen (secondary N) is 1. The molecular formula is C24H18Cl2N2O3. The molecule has 0 spiro atoms. The molecule has 1 N–H and O–H groups in total. The van der Waals surface area contributed by atoms with Crippen LogP contribution in [0.2, 0.25) is 10.0 Å². The molecule has 0 fully saturated rings. The lowest BCUT2D eigenvalue weighted by molar-refractivity contribution is -0.111. The second-order valence-corrected chi connectivity index (χ2v) is 7.74. The Bertz CT molecular complexity index is 1290. The maximum absolute atomic E-state index is 12.3. The average Bonchev–Trinajstić information content (AvgIpc) is 3.15. The summed E-state index contributed by atoms with van der Waals surface area (Å²) in [4.78, 5) is 16.8. The molecule has 0 saturated carbocycles. The van der Waals surface area contributed by atoms with Gasteiger partial charge in [0.1, 0.15) is 11.3 Å². The van der Waals surface area contributed by atoms with Crippen molar-refractivity contribution >= 4 is 52.0 Å². The number of ether oxygens (including phenoxy) is 1. The van der Waals surface area contributed by atoms with Gasteiger partial charge in [0, 0.05) is 27.9 Å². The second-order valence-electron chi connectivity index (χ2n) is 6.90. The summed E-state index contributed by atoms with van der Waals surface area (Å²) in [5.74, 6) is 0.680. The second kappa shape index (κ2) is 8.84. The molecule has 0 bridgehead atoms. The maximum atomic E-state index is 12.3. The molecule has 156 valence electrons. The predicted molar refractivity (Wildman–Crippen MR) is 125 cm³/mol. The lowest BCUT2D eigenvalue weighted by Crippen LogP contribution is -2.07. The smallest absolute Gasteiger partial charge is 0.248 e. The highest BCUT2D eigenvalue weighted by Gasteiger charge is 2.10. The first kappa shape index (κ1) is 21.0. The van der Waals surface area contributed by atoms with Gasteiger partial charge in [0.2, 0.25) is 11.8 Å². The highest BCUT2D eigenvalue weighted by Crippen LogP contribution is 2.33. The first-order valence-electron chi connectivity index (χ1n) is 9.42. The monoisotopic (exact) mass is 452 g/mol. The minimum atomic E-state index is -0.303. The summed E-state index contributed by atoms with van der Waals surface area (Å²) in [7, 11) is 1.51. The van der Waals surface area contributed by atoms with Crippen LogP contribution in [0.15, 0.2) is 65.1 Å². The molecule has 0 radical (unpaired) electrons. The van der Waals surface area contributed by atoms with Crippen LogP contribution in [0.5, 0.6) is 5.75 Å². The Morgan fingerprint density at radius 1 is 1.10 bits per heavy atom. The Balaban J connectivity index is 1.47. The van der Waals surface area contributed by atoms with Crippen molar-refractivity contribution in [1.82, 2.24) is 4.98 Å². The van der Waals surface area contributed by atoms with Crippen molar-refractivity contribution in [2.24, 2.45) is 0 Å². The Kier molecular flexibility index (Phi) is 5.98. The van der Waals surface area contributed by atoms with Crippen LogP contribution in [0.4, 0.5) is 5.69 Å². The fraction of sp³-hybridized carbons (Fsp3) is 0.0833. The summed E-state index contributed by atoms with van der Waals surface area (Å²) in [5, 5.41) is 3.64. The number of hydrogen-bond donors (Lipinski definition) is 1. The molecule has 31 heavy (non-hydrogen) atoms.